The number of benzene rings is 1. The van der Waals surface area contributed by atoms with Gasteiger partial charge >= 0.3 is 0 Å². The first-order chi connectivity index (χ1) is 7.66. The van der Waals surface area contributed by atoms with Crippen LogP contribution in [0.3, 0.4) is 0 Å². The van der Waals surface area contributed by atoms with E-state index in [2.05, 4.69) is 26.6 Å². The number of carbonyl (C=O) groups is 1. The zero-order valence-corrected chi connectivity index (χ0v) is 10.8. The lowest BCUT2D eigenvalue weighted by Gasteiger charge is -2.27. The van der Waals surface area contributed by atoms with Crippen molar-refractivity contribution in [3.8, 4) is 0 Å². The third kappa shape index (κ3) is 2.62. The van der Waals surface area contributed by atoms with Crippen molar-refractivity contribution in [2.24, 2.45) is 5.92 Å². The first-order valence-corrected chi connectivity index (χ1v) is 6.22. The highest BCUT2D eigenvalue weighted by Crippen LogP contribution is 2.17. The van der Waals surface area contributed by atoms with Crippen molar-refractivity contribution in [1.29, 1.82) is 0 Å². The van der Waals surface area contributed by atoms with Crippen molar-refractivity contribution < 1.29 is 4.79 Å². The molecule has 1 amide bonds. The van der Waals surface area contributed by atoms with Gasteiger partial charge < -0.3 is 10.6 Å². The SMILES string of the molecule is CC(NC(=O)C1CNC1)c1ccc(Br)cc1. The van der Waals surface area contributed by atoms with Crippen LogP contribution in [0.1, 0.15) is 18.5 Å². The quantitative estimate of drug-likeness (QED) is 0.889. The highest BCUT2D eigenvalue weighted by molar-refractivity contribution is 9.10. The number of carbonyl (C=O) groups excluding carboxylic acids is 1. The zero-order valence-electron chi connectivity index (χ0n) is 9.16. The van der Waals surface area contributed by atoms with Crippen LogP contribution < -0.4 is 10.6 Å². The molecule has 0 aromatic heterocycles. The lowest BCUT2D eigenvalue weighted by molar-refractivity contribution is -0.127. The summed E-state index contributed by atoms with van der Waals surface area (Å²) in [5, 5.41) is 6.12. The fourth-order valence-corrected chi connectivity index (χ4v) is 1.90. The van der Waals surface area contributed by atoms with E-state index in [-0.39, 0.29) is 17.9 Å². The molecule has 16 heavy (non-hydrogen) atoms. The molecule has 1 heterocycles. The molecule has 2 N–H and O–H groups in total. The lowest BCUT2D eigenvalue weighted by Crippen LogP contribution is -2.51. The molecular formula is C12H15BrN2O. The molecule has 3 nitrogen and oxygen atoms in total. The summed E-state index contributed by atoms with van der Waals surface area (Å²) in [4.78, 5) is 11.7. The molecular weight excluding hydrogens is 268 g/mol. The number of halogens is 1. The summed E-state index contributed by atoms with van der Waals surface area (Å²) < 4.78 is 1.05. The van der Waals surface area contributed by atoms with Gasteiger partial charge in [0, 0.05) is 17.6 Å². The molecule has 1 saturated heterocycles. The average molecular weight is 283 g/mol. The maximum absolute atomic E-state index is 11.7. The van der Waals surface area contributed by atoms with Crippen LogP contribution in [-0.2, 0) is 4.79 Å². The average Bonchev–Trinajstić information content (AvgIpc) is 2.15. The topological polar surface area (TPSA) is 41.1 Å². The molecule has 1 unspecified atom stereocenters. The largest absolute Gasteiger partial charge is 0.349 e. The van der Waals surface area contributed by atoms with Crippen LogP contribution in [-0.4, -0.2) is 19.0 Å². The Morgan fingerprint density at radius 2 is 2.06 bits per heavy atom. The zero-order chi connectivity index (χ0) is 11.5. The molecule has 0 aliphatic carbocycles. The van der Waals surface area contributed by atoms with Gasteiger partial charge in [-0.15, -0.1) is 0 Å². The van der Waals surface area contributed by atoms with Crippen LogP contribution in [0.5, 0.6) is 0 Å². The Kier molecular flexibility index (Phi) is 3.61. The molecule has 1 aromatic carbocycles. The molecule has 0 radical (unpaired) electrons. The van der Waals surface area contributed by atoms with Crippen LogP contribution in [0.4, 0.5) is 0 Å². The van der Waals surface area contributed by atoms with Crippen molar-refractivity contribution in [1.82, 2.24) is 10.6 Å². The van der Waals surface area contributed by atoms with Crippen LogP contribution in [0.15, 0.2) is 28.7 Å². The second-order valence-corrected chi connectivity index (χ2v) is 5.05. The Morgan fingerprint density at radius 1 is 1.44 bits per heavy atom. The van der Waals surface area contributed by atoms with Crippen molar-refractivity contribution in [3.05, 3.63) is 34.3 Å². The molecule has 86 valence electrons. The van der Waals surface area contributed by atoms with E-state index in [1.54, 1.807) is 0 Å². The van der Waals surface area contributed by atoms with Crippen molar-refractivity contribution >= 4 is 21.8 Å². The van der Waals surface area contributed by atoms with Crippen molar-refractivity contribution in [2.75, 3.05) is 13.1 Å². The summed E-state index contributed by atoms with van der Waals surface area (Å²) in [6.45, 7) is 3.62. The first kappa shape index (κ1) is 11.6. The van der Waals surface area contributed by atoms with Gasteiger partial charge in [-0.1, -0.05) is 28.1 Å². The smallest absolute Gasteiger partial charge is 0.226 e. The maximum atomic E-state index is 11.7. The summed E-state index contributed by atoms with van der Waals surface area (Å²) in [7, 11) is 0. The Bertz CT molecular complexity index is 373. The first-order valence-electron chi connectivity index (χ1n) is 5.43. The predicted octanol–water partition coefficient (Wildman–Crippen LogP) is 1.85. The molecule has 1 aromatic rings. The Balaban J connectivity index is 1.94. The van der Waals surface area contributed by atoms with Gasteiger partial charge in [0.1, 0.15) is 0 Å². The van der Waals surface area contributed by atoms with Gasteiger partial charge in [0.2, 0.25) is 5.91 Å². The predicted molar refractivity (Wildman–Crippen MR) is 67.1 cm³/mol. The normalized spacial score (nSPS) is 17.6. The number of rotatable bonds is 3. The minimum atomic E-state index is 0.0706. The van der Waals surface area contributed by atoms with Gasteiger partial charge in [0.15, 0.2) is 0 Å². The van der Waals surface area contributed by atoms with Crippen molar-refractivity contribution in [2.45, 2.75) is 13.0 Å². The third-order valence-electron chi connectivity index (χ3n) is 2.88. The van der Waals surface area contributed by atoms with Gasteiger partial charge in [0.25, 0.3) is 0 Å². The van der Waals surface area contributed by atoms with E-state index in [1.165, 1.54) is 0 Å². The standard InChI is InChI=1S/C12H15BrN2O/c1-8(9-2-4-11(13)5-3-9)15-12(16)10-6-14-7-10/h2-5,8,10,14H,6-7H2,1H3,(H,15,16). The minimum Gasteiger partial charge on any atom is -0.349 e. The van der Waals surface area contributed by atoms with E-state index in [9.17, 15) is 4.79 Å². The highest BCUT2D eigenvalue weighted by atomic mass is 79.9. The molecule has 1 fully saturated rings. The molecule has 4 heteroatoms. The summed E-state index contributed by atoms with van der Waals surface area (Å²) in [5.41, 5.74) is 1.13. The number of amides is 1. The van der Waals surface area contributed by atoms with Gasteiger partial charge in [0.05, 0.1) is 12.0 Å². The van der Waals surface area contributed by atoms with Crippen LogP contribution in [0.25, 0.3) is 0 Å². The van der Waals surface area contributed by atoms with E-state index in [1.807, 2.05) is 31.2 Å². The van der Waals surface area contributed by atoms with E-state index >= 15 is 0 Å². The molecule has 0 bridgehead atoms. The molecule has 0 saturated carbocycles. The Hall–Kier alpha value is -0.870. The van der Waals surface area contributed by atoms with Crippen LogP contribution in [0.2, 0.25) is 0 Å². The lowest BCUT2D eigenvalue weighted by atomic mass is 10.0. The summed E-state index contributed by atoms with van der Waals surface area (Å²) in [6, 6.07) is 8.09. The maximum Gasteiger partial charge on any atom is 0.226 e. The second-order valence-electron chi connectivity index (χ2n) is 4.14. The van der Waals surface area contributed by atoms with Gasteiger partial charge in [-0.3, -0.25) is 4.79 Å². The number of hydrogen-bond acceptors (Lipinski definition) is 2. The van der Waals surface area contributed by atoms with Crippen LogP contribution >= 0.6 is 15.9 Å². The van der Waals surface area contributed by atoms with E-state index in [0.29, 0.717) is 0 Å². The number of hydrogen-bond donors (Lipinski definition) is 2. The van der Waals surface area contributed by atoms with Crippen molar-refractivity contribution in [3.63, 3.8) is 0 Å². The van der Waals surface area contributed by atoms with Gasteiger partial charge in [-0.05, 0) is 24.6 Å². The van der Waals surface area contributed by atoms with E-state index < -0.39 is 0 Å². The molecule has 0 spiro atoms. The second kappa shape index (κ2) is 4.97. The molecule has 1 aliphatic heterocycles. The number of nitrogens with one attached hydrogen (secondary N) is 2. The van der Waals surface area contributed by atoms with E-state index in [4.69, 9.17) is 0 Å². The van der Waals surface area contributed by atoms with E-state index in [0.717, 1.165) is 23.1 Å². The summed E-state index contributed by atoms with van der Waals surface area (Å²) >= 11 is 3.39. The third-order valence-corrected chi connectivity index (χ3v) is 3.41. The van der Waals surface area contributed by atoms with Gasteiger partial charge in [-0.2, -0.15) is 0 Å². The minimum absolute atomic E-state index is 0.0706. The summed E-state index contributed by atoms with van der Waals surface area (Å²) in [5.74, 6) is 0.298. The fourth-order valence-electron chi connectivity index (χ4n) is 1.64. The summed E-state index contributed by atoms with van der Waals surface area (Å²) in [6.07, 6.45) is 0. The molecule has 1 aliphatic rings. The molecule has 1 atom stereocenters. The fraction of sp³-hybridized carbons (Fsp3) is 0.417. The Labute approximate surface area is 104 Å². The monoisotopic (exact) mass is 282 g/mol. The van der Waals surface area contributed by atoms with Crippen LogP contribution in [0, 0.1) is 5.92 Å². The van der Waals surface area contributed by atoms with Gasteiger partial charge in [-0.25, -0.2) is 0 Å². The highest BCUT2D eigenvalue weighted by Gasteiger charge is 2.25. The molecule has 2 rings (SSSR count). The Morgan fingerprint density at radius 3 is 2.56 bits per heavy atom.